The number of likely N-dealkylation sites (tertiary alicyclic amines) is 2. The molecule has 2 fully saturated rings. The van der Waals surface area contributed by atoms with Crippen LogP contribution in [0.25, 0.3) is 0 Å². The van der Waals surface area contributed by atoms with Crippen molar-refractivity contribution < 1.29 is 33.8 Å². The Hall–Kier alpha value is -7.42. The Balaban J connectivity index is 0.000000179. The number of carbonyl (C=O) groups is 4. The molecule has 2 aliphatic carbocycles. The third kappa shape index (κ3) is 19.9. The van der Waals surface area contributed by atoms with Crippen LogP contribution < -0.4 is 5.32 Å². The highest BCUT2D eigenvalue weighted by molar-refractivity contribution is 9.10. The maximum absolute atomic E-state index is 14.9. The second-order valence-corrected chi connectivity index (χ2v) is 30.2. The molecule has 0 bridgehead atoms. The van der Waals surface area contributed by atoms with Gasteiger partial charge in [0.2, 0.25) is 5.91 Å². The predicted octanol–water partition coefficient (Wildman–Crippen LogP) is 16.0. The van der Waals surface area contributed by atoms with Crippen molar-refractivity contribution in [1.82, 2.24) is 49.1 Å². The van der Waals surface area contributed by atoms with E-state index in [1.165, 1.54) is 32.7 Å². The smallest absolute Gasteiger partial charge is 0.411 e. The number of aliphatic carboxylic acids is 1. The predicted molar refractivity (Wildman–Crippen MR) is 386 cm³/mol. The van der Waals surface area contributed by atoms with Crippen molar-refractivity contribution in [2.75, 3.05) is 26.2 Å². The van der Waals surface area contributed by atoms with Gasteiger partial charge in [-0.15, -0.1) is 0 Å². The second kappa shape index (κ2) is 33.4. The summed E-state index contributed by atoms with van der Waals surface area (Å²) < 4.78 is 17.4. The molecule has 2 aliphatic heterocycles. The first-order chi connectivity index (χ1) is 46.5. The van der Waals surface area contributed by atoms with Crippen molar-refractivity contribution in [2.24, 2.45) is 11.8 Å². The minimum Gasteiger partial charge on any atom is -0.480 e. The molecular weight excluding hydrogens is 1400 g/mol. The molecule has 3 amide bonds. The Morgan fingerprint density at radius 3 is 1.55 bits per heavy atom. The van der Waals surface area contributed by atoms with Gasteiger partial charge < -0.3 is 33.9 Å². The van der Waals surface area contributed by atoms with Crippen LogP contribution in [0.15, 0.2) is 168 Å². The lowest BCUT2D eigenvalue weighted by Gasteiger charge is -2.43. The fraction of sp³-hybridized carbons (Fsp3) is 0.421. The van der Waals surface area contributed by atoms with Gasteiger partial charge in [0, 0.05) is 114 Å². The van der Waals surface area contributed by atoms with Gasteiger partial charge in [-0.05, 0) is 237 Å². The third-order valence-electron chi connectivity index (χ3n) is 18.2. The van der Waals surface area contributed by atoms with E-state index in [-0.39, 0.29) is 29.6 Å². The van der Waals surface area contributed by atoms with Gasteiger partial charge >= 0.3 is 18.2 Å². The zero-order chi connectivity index (χ0) is 68.8. The fourth-order valence-electron chi connectivity index (χ4n) is 13.8. The number of hydrogen-bond donors (Lipinski definition) is 2. The Bertz CT molecular complexity index is 3820. The van der Waals surface area contributed by atoms with Gasteiger partial charge in [-0.3, -0.25) is 24.6 Å². The molecule has 0 spiro atoms. The van der Waals surface area contributed by atoms with Crippen LogP contribution in [0.5, 0.6) is 0 Å². The maximum atomic E-state index is 14.9. The lowest BCUT2D eigenvalue weighted by Crippen LogP contribution is -2.56. The molecule has 0 radical (unpaired) electrons. The molecule has 4 unspecified atom stereocenters. The van der Waals surface area contributed by atoms with Crippen LogP contribution in [0.4, 0.5) is 9.59 Å². The van der Waals surface area contributed by atoms with E-state index in [4.69, 9.17) is 42.6 Å². The van der Waals surface area contributed by atoms with E-state index in [1.807, 2.05) is 116 Å². The SMILES string of the molecule is CC(C)(C)OC(=O)N1CCC([C@H]2c3ccc(Cl)cc3CCc3cc(Br)cnc32)CC1C(=O)N(CCCn1ccnc1)Cc1ccccc1.CC(C)(C)OC(=O)N1CCC([C@H]2c3ccc(Cl)cc3CCc3cc(Br)cnc32)CC1C(=O)O.c1ccc(CNCCCn2ccnc2)cc1. The molecular formula is C76H88Br2Cl2N10O7. The summed E-state index contributed by atoms with van der Waals surface area (Å²) in [6, 6.07) is 35.3. The van der Waals surface area contributed by atoms with Crippen molar-refractivity contribution in [3.8, 4) is 0 Å². The molecule has 6 heterocycles. The number of nitrogens with zero attached hydrogens (tertiary/aromatic N) is 9. The molecule has 4 aromatic heterocycles. The molecule has 6 atom stereocenters. The van der Waals surface area contributed by atoms with Crippen LogP contribution in [-0.4, -0.2) is 122 Å². The van der Waals surface area contributed by atoms with Crippen molar-refractivity contribution in [3.63, 3.8) is 0 Å². The number of aryl methyl sites for hydroxylation is 6. The summed E-state index contributed by atoms with van der Waals surface area (Å²) in [5.74, 6) is -1.11. The fourth-order valence-corrected chi connectivity index (χ4v) is 15.0. The number of hydrogen-bond acceptors (Lipinski definition) is 11. The molecule has 512 valence electrons. The standard InChI is InChI=1S/C38H43BrClN5O3.C25H28BrClN2O4.C13H17N3/c1-38(2,3)48-37(47)45-18-14-28(34-32-13-12-31(40)21-27(32)10-11-29-20-30(39)23-42-35(29)34)22-33(45)36(46)44(24-26-8-5-4-6-9-26)17-7-16-43-19-15-41-25-43;1-25(2,3)33-24(32)29-9-8-15(12-20(29)23(30)31)21-19-7-6-18(27)11-14(19)4-5-16-10-17(26)13-28-22(16)21;1-2-5-13(6-3-1)11-14-7-4-9-16-10-8-15-12-16/h4-6,8-9,12-13,15,19-21,23,25,28,33-34H,7,10-11,14,16-18,22,24H2,1-3H3;6-7,10-11,13,15,20-21H,4-5,8-9,12H2,1-3H3,(H,30,31);1-3,5-6,8,10,12,14H,4,7,9,11H2/t28?,33?,34-;15?,20?,21-;/m00./s1. The van der Waals surface area contributed by atoms with Gasteiger partial charge in [0.05, 0.1) is 24.0 Å². The third-order valence-corrected chi connectivity index (χ3v) is 19.6. The van der Waals surface area contributed by atoms with E-state index >= 15 is 0 Å². The average molecular weight is 1480 g/mol. The number of imidazole rings is 2. The largest absolute Gasteiger partial charge is 0.480 e. The van der Waals surface area contributed by atoms with Crippen molar-refractivity contribution in [1.29, 1.82) is 0 Å². The van der Waals surface area contributed by atoms with Crippen LogP contribution in [0, 0.1) is 11.8 Å². The Labute approximate surface area is 597 Å². The van der Waals surface area contributed by atoms with E-state index in [0.29, 0.717) is 61.9 Å². The topological polar surface area (TPSA) is 190 Å². The molecule has 2 saturated heterocycles. The van der Waals surface area contributed by atoms with E-state index in [0.717, 1.165) is 102 Å². The lowest BCUT2D eigenvalue weighted by atomic mass is 9.74. The molecule has 8 aromatic rings. The number of ether oxygens (including phenoxy) is 2. The van der Waals surface area contributed by atoms with Crippen LogP contribution >= 0.6 is 55.1 Å². The van der Waals surface area contributed by atoms with Gasteiger partial charge in [0.1, 0.15) is 23.3 Å². The summed E-state index contributed by atoms with van der Waals surface area (Å²) in [6.07, 6.45) is 21.3. The van der Waals surface area contributed by atoms with E-state index < -0.39 is 41.4 Å². The summed E-state index contributed by atoms with van der Waals surface area (Å²) in [5.41, 5.74) is 10.1. The number of piperidine rings is 2. The van der Waals surface area contributed by atoms with Crippen LogP contribution in [0.3, 0.4) is 0 Å². The van der Waals surface area contributed by atoms with E-state index in [2.05, 4.69) is 106 Å². The monoisotopic (exact) mass is 1480 g/mol. The van der Waals surface area contributed by atoms with Gasteiger partial charge in [-0.2, -0.15) is 0 Å². The molecule has 17 nitrogen and oxygen atoms in total. The summed E-state index contributed by atoms with van der Waals surface area (Å²) in [6.45, 7) is 16.4. The molecule has 12 rings (SSSR count). The number of carboxylic acid groups (broad SMARTS) is 1. The number of fused-ring (bicyclic) bond motifs is 4. The number of amides is 3. The van der Waals surface area contributed by atoms with Gasteiger partial charge in [-0.1, -0.05) is 96.0 Å². The van der Waals surface area contributed by atoms with Crippen molar-refractivity contribution in [3.05, 3.63) is 234 Å². The van der Waals surface area contributed by atoms with Crippen molar-refractivity contribution >= 4 is 79.1 Å². The van der Waals surface area contributed by atoms with Crippen LogP contribution in [0.1, 0.15) is 148 Å². The summed E-state index contributed by atoms with van der Waals surface area (Å²) >= 11 is 20.0. The molecule has 0 saturated carbocycles. The number of rotatable bonds is 16. The highest BCUT2D eigenvalue weighted by Gasteiger charge is 2.46. The van der Waals surface area contributed by atoms with E-state index in [1.54, 1.807) is 44.4 Å². The Kier molecular flexibility index (Phi) is 24.9. The maximum Gasteiger partial charge on any atom is 0.411 e. The number of carbonyl (C=O) groups excluding carboxylic acids is 3. The van der Waals surface area contributed by atoms with Crippen LogP contribution in [0.2, 0.25) is 10.0 Å². The molecule has 21 heteroatoms. The summed E-state index contributed by atoms with van der Waals surface area (Å²) in [7, 11) is 0. The number of benzene rings is 4. The Morgan fingerprint density at radius 2 is 1.07 bits per heavy atom. The zero-order valence-corrected chi connectivity index (χ0v) is 60.8. The molecule has 4 aliphatic rings. The highest BCUT2D eigenvalue weighted by atomic mass is 79.9. The summed E-state index contributed by atoms with van der Waals surface area (Å²) in [4.78, 5) is 76.5. The highest BCUT2D eigenvalue weighted by Crippen LogP contribution is 2.47. The van der Waals surface area contributed by atoms with Crippen molar-refractivity contribution in [2.45, 2.75) is 167 Å². The first kappa shape index (κ1) is 72.3. The molecule has 2 N–H and O–H groups in total. The number of pyridine rings is 2. The number of halogens is 4. The number of aromatic nitrogens is 6. The summed E-state index contributed by atoms with van der Waals surface area (Å²) in [5, 5.41) is 14.8. The average Bonchev–Trinajstić information content (AvgIpc) is 1.75. The number of carboxylic acids is 1. The molecule has 97 heavy (non-hydrogen) atoms. The quantitative estimate of drug-likeness (QED) is 0.0872. The Morgan fingerprint density at radius 1 is 0.608 bits per heavy atom. The first-order valence-corrected chi connectivity index (χ1v) is 35.9. The van der Waals surface area contributed by atoms with Gasteiger partial charge in [0.15, 0.2) is 0 Å². The minimum absolute atomic E-state index is 0.00948. The van der Waals surface area contributed by atoms with E-state index in [9.17, 15) is 24.3 Å². The first-order valence-electron chi connectivity index (χ1n) is 33.6. The van der Waals surface area contributed by atoms with Crippen LogP contribution in [-0.2, 0) is 70.9 Å². The normalized spacial score (nSPS) is 18.9. The molecule has 4 aromatic carbocycles. The second-order valence-electron chi connectivity index (χ2n) is 27.5. The zero-order valence-electron chi connectivity index (χ0n) is 56.1. The number of nitrogens with one attached hydrogen (secondary N) is 1. The lowest BCUT2D eigenvalue weighted by molar-refractivity contribution is -0.145. The van der Waals surface area contributed by atoms with Gasteiger partial charge in [0.25, 0.3) is 0 Å². The minimum atomic E-state index is -1.01. The van der Waals surface area contributed by atoms with Gasteiger partial charge in [-0.25, -0.2) is 24.4 Å².